The van der Waals surface area contributed by atoms with Crippen LogP contribution in [0.5, 0.6) is 0 Å². The fourth-order valence-electron chi connectivity index (χ4n) is 4.20. The van der Waals surface area contributed by atoms with E-state index in [9.17, 15) is 4.79 Å². The maximum Gasteiger partial charge on any atom is 0.223 e. The van der Waals surface area contributed by atoms with Crippen molar-refractivity contribution in [3.8, 4) is 0 Å². The molecular formula is C19H22ClNO. The second-order valence-corrected chi connectivity index (χ2v) is 7.37. The number of allylic oxidation sites excluding steroid dienone is 1. The first kappa shape index (κ1) is 14.3. The minimum Gasteiger partial charge on any atom is -0.336 e. The van der Waals surface area contributed by atoms with Crippen molar-refractivity contribution < 1.29 is 4.79 Å². The fourth-order valence-corrected chi connectivity index (χ4v) is 4.41. The third kappa shape index (κ3) is 2.81. The van der Waals surface area contributed by atoms with Gasteiger partial charge in [-0.1, -0.05) is 34.9 Å². The van der Waals surface area contributed by atoms with Crippen molar-refractivity contribution in [2.45, 2.75) is 63.5 Å². The number of nitrogens with zero attached hydrogens (tertiary/aromatic N) is 1. The largest absolute Gasteiger partial charge is 0.336 e. The van der Waals surface area contributed by atoms with Crippen molar-refractivity contribution in [1.82, 2.24) is 4.90 Å². The molecule has 3 heteroatoms. The van der Waals surface area contributed by atoms with Gasteiger partial charge >= 0.3 is 0 Å². The van der Waals surface area contributed by atoms with Crippen LogP contribution in [-0.4, -0.2) is 22.9 Å². The second kappa shape index (κ2) is 5.73. The first-order chi connectivity index (χ1) is 10.7. The highest BCUT2D eigenvalue weighted by Gasteiger charge is 2.42. The highest BCUT2D eigenvalue weighted by atomic mass is 35.5. The van der Waals surface area contributed by atoms with Gasteiger partial charge in [0, 0.05) is 23.5 Å². The van der Waals surface area contributed by atoms with Crippen LogP contribution in [0.25, 0.3) is 0 Å². The van der Waals surface area contributed by atoms with E-state index in [0.29, 0.717) is 24.4 Å². The lowest BCUT2D eigenvalue weighted by Gasteiger charge is -2.36. The van der Waals surface area contributed by atoms with Crippen LogP contribution in [0, 0.1) is 0 Å². The number of hydrogen-bond donors (Lipinski definition) is 0. The fraction of sp³-hybridized carbons (Fsp3) is 0.526. The van der Waals surface area contributed by atoms with E-state index in [2.05, 4.69) is 11.0 Å². The molecule has 0 spiro atoms. The molecule has 4 rings (SSSR count). The molecule has 1 saturated carbocycles. The van der Waals surface area contributed by atoms with Crippen LogP contribution < -0.4 is 0 Å². The Hall–Kier alpha value is -1.28. The molecule has 2 aliphatic heterocycles. The molecule has 0 radical (unpaired) electrons. The van der Waals surface area contributed by atoms with Gasteiger partial charge < -0.3 is 4.90 Å². The van der Waals surface area contributed by atoms with Crippen molar-refractivity contribution in [3.63, 3.8) is 0 Å². The summed E-state index contributed by atoms with van der Waals surface area (Å²) in [6, 6.07) is 8.82. The number of rotatable bonds is 3. The van der Waals surface area contributed by atoms with E-state index in [0.717, 1.165) is 29.8 Å². The van der Waals surface area contributed by atoms with E-state index >= 15 is 0 Å². The van der Waals surface area contributed by atoms with Gasteiger partial charge in [-0.05, 0) is 62.6 Å². The van der Waals surface area contributed by atoms with Gasteiger partial charge in [-0.15, -0.1) is 0 Å². The molecule has 2 bridgehead atoms. The average Bonchev–Trinajstić information content (AvgIpc) is 3.31. The Morgan fingerprint density at radius 1 is 1.14 bits per heavy atom. The lowest BCUT2D eigenvalue weighted by molar-refractivity contribution is -0.134. The monoisotopic (exact) mass is 315 g/mol. The first-order valence-electron chi connectivity index (χ1n) is 8.46. The van der Waals surface area contributed by atoms with Gasteiger partial charge in [0.05, 0.1) is 0 Å². The zero-order chi connectivity index (χ0) is 15.1. The number of hydrogen-bond acceptors (Lipinski definition) is 1. The smallest absolute Gasteiger partial charge is 0.223 e. The van der Waals surface area contributed by atoms with Crippen molar-refractivity contribution >= 4 is 17.5 Å². The molecule has 1 aromatic rings. The number of benzene rings is 1. The molecule has 1 amide bonds. The van der Waals surface area contributed by atoms with E-state index in [1.54, 1.807) is 11.1 Å². The van der Waals surface area contributed by atoms with Gasteiger partial charge in [-0.3, -0.25) is 4.79 Å². The van der Waals surface area contributed by atoms with Gasteiger partial charge in [-0.2, -0.15) is 0 Å². The standard InChI is InChI=1S/C19H22ClNO/c20-16-3-1-2-13(10-16)4-9-19(22)21-17-7-8-18(21)12-15(11-17)14-5-6-14/h1-3,10,17-18H,4-9,11-12H2. The molecule has 0 aromatic heterocycles. The van der Waals surface area contributed by atoms with Gasteiger partial charge in [0.25, 0.3) is 0 Å². The molecule has 2 nitrogen and oxygen atoms in total. The lowest BCUT2D eigenvalue weighted by atomic mass is 9.95. The van der Waals surface area contributed by atoms with Crippen LogP contribution in [0.4, 0.5) is 0 Å². The van der Waals surface area contributed by atoms with E-state index in [1.807, 2.05) is 18.2 Å². The molecule has 116 valence electrons. The maximum absolute atomic E-state index is 12.7. The van der Waals surface area contributed by atoms with Crippen molar-refractivity contribution in [2.75, 3.05) is 0 Å². The normalized spacial score (nSPS) is 26.5. The zero-order valence-electron chi connectivity index (χ0n) is 12.9. The first-order valence-corrected chi connectivity index (χ1v) is 8.84. The molecule has 2 heterocycles. The maximum atomic E-state index is 12.7. The summed E-state index contributed by atoms with van der Waals surface area (Å²) in [6.45, 7) is 0. The van der Waals surface area contributed by atoms with Crippen LogP contribution in [0.1, 0.15) is 50.5 Å². The third-order valence-corrected chi connectivity index (χ3v) is 5.62. The lowest BCUT2D eigenvalue weighted by Crippen LogP contribution is -2.44. The number of halogens is 1. The van der Waals surface area contributed by atoms with E-state index in [-0.39, 0.29) is 0 Å². The number of fused-ring (bicyclic) bond motifs is 2. The SMILES string of the molecule is O=C(CCc1cccc(Cl)c1)N1C2CCC1CC(=C1CC1)C2. The van der Waals surface area contributed by atoms with Crippen LogP contribution in [0.2, 0.25) is 5.02 Å². The summed E-state index contributed by atoms with van der Waals surface area (Å²) in [7, 11) is 0. The Morgan fingerprint density at radius 2 is 1.86 bits per heavy atom. The number of carbonyl (C=O) groups excluding carboxylic acids is 1. The summed E-state index contributed by atoms with van der Waals surface area (Å²) < 4.78 is 0. The number of carbonyl (C=O) groups is 1. The predicted octanol–water partition coefficient (Wildman–Crippen LogP) is 4.52. The Morgan fingerprint density at radius 3 is 2.50 bits per heavy atom. The molecule has 1 aliphatic carbocycles. The summed E-state index contributed by atoms with van der Waals surface area (Å²) in [4.78, 5) is 14.9. The van der Waals surface area contributed by atoms with E-state index in [4.69, 9.17) is 11.6 Å². The highest BCUT2D eigenvalue weighted by molar-refractivity contribution is 6.30. The summed E-state index contributed by atoms with van der Waals surface area (Å²) in [5.41, 5.74) is 4.54. The topological polar surface area (TPSA) is 20.3 Å². The molecule has 2 atom stereocenters. The zero-order valence-corrected chi connectivity index (χ0v) is 13.6. The molecular weight excluding hydrogens is 294 g/mol. The third-order valence-electron chi connectivity index (χ3n) is 5.39. The molecule has 3 fully saturated rings. The number of amides is 1. The van der Waals surface area contributed by atoms with Crippen LogP contribution in [0.15, 0.2) is 35.4 Å². The van der Waals surface area contributed by atoms with Crippen molar-refractivity contribution in [2.24, 2.45) is 0 Å². The predicted molar refractivity (Wildman–Crippen MR) is 88.9 cm³/mol. The molecule has 0 N–H and O–H groups in total. The Labute approximate surface area is 137 Å². The Kier molecular flexibility index (Phi) is 3.73. The van der Waals surface area contributed by atoms with Crippen LogP contribution in [0.3, 0.4) is 0 Å². The van der Waals surface area contributed by atoms with Crippen molar-refractivity contribution in [3.05, 3.63) is 46.0 Å². The molecule has 2 saturated heterocycles. The summed E-state index contributed by atoms with van der Waals surface area (Å²) in [5, 5.41) is 0.753. The molecule has 2 unspecified atom stereocenters. The van der Waals surface area contributed by atoms with Crippen LogP contribution >= 0.6 is 11.6 Å². The second-order valence-electron chi connectivity index (χ2n) is 6.93. The van der Waals surface area contributed by atoms with Crippen molar-refractivity contribution in [1.29, 1.82) is 0 Å². The molecule has 22 heavy (non-hydrogen) atoms. The van der Waals surface area contributed by atoms with Gasteiger partial charge in [0.15, 0.2) is 0 Å². The average molecular weight is 316 g/mol. The Bertz CT molecular complexity index is 614. The number of aryl methyl sites for hydroxylation is 1. The summed E-state index contributed by atoms with van der Waals surface area (Å²) in [6.07, 6.45) is 8.73. The summed E-state index contributed by atoms with van der Waals surface area (Å²) in [5.74, 6) is 0.340. The Balaban J connectivity index is 1.40. The van der Waals surface area contributed by atoms with Gasteiger partial charge in [0.1, 0.15) is 0 Å². The summed E-state index contributed by atoms with van der Waals surface area (Å²) >= 11 is 6.02. The van der Waals surface area contributed by atoms with Gasteiger partial charge in [0.2, 0.25) is 5.91 Å². The minimum atomic E-state index is 0.340. The molecule has 1 aromatic carbocycles. The quantitative estimate of drug-likeness (QED) is 0.751. The minimum absolute atomic E-state index is 0.340. The number of piperidine rings is 1. The van der Waals surface area contributed by atoms with Gasteiger partial charge in [-0.25, -0.2) is 0 Å². The van der Waals surface area contributed by atoms with E-state index in [1.165, 1.54) is 25.7 Å². The molecule has 3 aliphatic rings. The van der Waals surface area contributed by atoms with E-state index < -0.39 is 0 Å². The highest BCUT2D eigenvalue weighted by Crippen LogP contribution is 2.44. The van der Waals surface area contributed by atoms with Crippen LogP contribution in [-0.2, 0) is 11.2 Å².